The average molecular weight is 342 g/mol. The van der Waals surface area contributed by atoms with E-state index in [-0.39, 0.29) is 11.5 Å². The molecule has 0 aliphatic carbocycles. The third-order valence-electron chi connectivity index (χ3n) is 4.39. The predicted octanol–water partition coefficient (Wildman–Crippen LogP) is 0.0198. The van der Waals surface area contributed by atoms with Gasteiger partial charge in [-0.05, 0) is 18.8 Å². The van der Waals surface area contributed by atoms with Crippen LogP contribution in [0.15, 0.2) is 12.4 Å². The summed E-state index contributed by atoms with van der Waals surface area (Å²) in [7, 11) is -1.55. The maximum absolute atomic E-state index is 11.1. The number of nitrogens with one attached hydrogen (secondary N) is 1. The summed E-state index contributed by atoms with van der Waals surface area (Å²) < 4.78 is 36.0. The molecule has 0 aromatic carbocycles. The van der Waals surface area contributed by atoms with Gasteiger partial charge in [-0.3, -0.25) is 0 Å². The van der Waals surface area contributed by atoms with Gasteiger partial charge >= 0.3 is 0 Å². The highest BCUT2D eigenvalue weighted by Gasteiger charge is 2.47. The van der Waals surface area contributed by atoms with Crippen molar-refractivity contribution in [1.29, 1.82) is 0 Å². The van der Waals surface area contributed by atoms with Crippen molar-refractivity contribution in [3.8, 4) is 5.88 Å². The number of methoxy groups -OCH3 is 1. The van der Waals surface area contributed by atoms with Crippen LogP contribution in [0.1, 0.15) is 12.8 Å². The molecule has 128 valence electrons. The molecule has 8 nitrogen and oxygen atoms in total. The SMILES string of the molecule is COc1cc(N2CC3(CC[C@@H](CNS(C)(=O)=O)CO3)C2)ncn1. The standard InChI is InChI=1S/C14H22N4O4S/c1-21-13-5-12(15-10-16-13)18-8-14(9-18)4-3-11(7-22-14)6-17-23(2,19)20/h5,10-11,17H,3-4,6-9H2,1-2H3/t11-/m0/s1. The summed E-state index contributed by atoms with van der Waals surface area (Å²) >= 11 is 0. The van der Waals surface area contributed by atoms with Crippen LogP contribution in [0.2, 0.25) is 0 Å². The smallest absolute Gasteiger partial charge is 0.218 e. The molecule has 2 aliphatic rings. The lowest BCUT2D eigenvalue weighted by Crippen LogP contribution is -2.65. The summed E-state index contributed by atoms with van der Waals surface area (Å²) in [5.41, 5.74) is -0.125. The molecular weight excluding hydrogens is 320 g/mol. The maximum Gasteiger partial charge on any atom is 0.218 e. The van der Waals surface area contributed by atoms with Crippen LogP contribution in [0.4, 0.5) is 5.82 Å². The highest BCUT2D eigenvalue weighted by atomic mass is 32.2. The van der Waals surface area contributed by atoms with Gasteiger partial charge in [-0.1, -0.05) is 0 Å². The minimum atomic E-state index is -3.14. The molecule has 1 N–H and O–H groups in total. The summed E-state index contributed by atoms with van der Waals surface area (Å²) in [4.78, 5) is 10.4. The molecule has 1 aromatic heterocycles. The van der Waals surface area contributed by atoms with Gasteiger partial charge in [0, 0.05) is 12.6 Å². The van der Waals surface area contributed by atoms with Crippen molar-refractivity contribution in [3.63, 3.8) is 0 Å². The molecule has 3 rings (SSSR count). The van der Waals surface area contributed by atoms with E-state index in [0.717, 1.165) is 31.7 Å². The number of ether oxygens (including phenoxy) is 2. The molecule has 23 heavy (non-hydrogen) atoms. The lowest BCUT2D eigenvalue weighted by atomic mass is 9.83. The van der Waals surface area contributed by atoms with Crippen LogP contribution in [-0.2, 0) is 14.8 Å². The number of hydrogen-bond acceptors (Lipinski definition) is 7. The van der Waals surface area contributed by atoms with E-state index < -0.39 is 10.0 Å². The third-order valence-corrected chi connectivity index (χ3v) is 5.08. The van der Waals surface area contributed by atoms with Crippen LogP contribution >= 0.6 is 0 Å². The van der Waals surface area contributed by atoms with Gasteiger partial charge in [0.05, 0.1) is 33.1 Å². The molecule has 9 heteroatoms. The third kappa shape index (κ3) is 3.91. The number of aromatic nitrogens is 2. The number of anilines is 1. The highest BCUT2D eigenvalue weighted by molar-refractivity contribution is 7.88. The Balaban J connectivity index is 1.49. The van der Waals surface area contributed by atoms with Gasteiger partial charge < -0.3 is 14.4 Å². The zero-order valence-corrected chi connectivity index (χ0v) is 14.2. The fourth-order valence-electron chi connectivity index (χ4n) is 3.02. The maximum atomic E-state index is 11.1. The first-order valence-corrected chi connectivity index (χ1v) is 9.48. The topological polar surface area (TPSA) is 93.7 Å². The van der Waals surface area contributed by atoms with Crippen LogP contribution in [0.25, 0.3) is 0 Å². The zero-order valence-electron chi connectivity index (χ0n) is 13.4. The molecular formula is C14H22N4O4S. The first kappa shape index (κ1) is 16.4. The molecule has 1 spiro atoms. The second-order valence-corrected chi connectivity index (χ2v) is 8.13. The van der Waals surface area contributed by atoms with Crippen molar-refractivity contribution in [2.75, 3.05) is 44.5 Å². The molecule has 0 bridgehead atoms. The lowest BCUT2D eigenvalue weighted by molar-refractivity contribution is -0.114. The van der Waals surface area contributed by atoms with E-state index in [0.29, 0.717) is 19.0 Å². The molecule has 3 heterocycles. The van der Waals surface area contributed by atoms with Crippen LogP contribution in [-0.4, -0.2) is 63.6 Å². The van der Waals surface area contributed by atoms with Crippen LogP contribution in [0.3, 0.4) is 0 Å². The Morgan fingerprint density at radius 2 is 2.26 bits per heavy atom. The van der Waals surface area contributed by atoms with Gasteiger partial charge in [-0.2, -0.15) is 0 Å². The van der Waals surface area contributed by atoms with Gasteiger partial charge in [0.1, 0.15) is 17.7 Å². The fourth-order valence-corrected chi connectivity index (χ4v) is 3.56. The summed E-state index contributed by atoms with van der Waals surface area (Å²) in [5.74, 6) is 1.63. The van der Waals surface area contributed by atoms with Crippen molar-refractivity contribution < 1.29 is 17.9 Å². The van der Waals surface area contributed by atoms with Crippen molar-refractivity contribution in [2.24, 2.45) is 5.92 Å². The van der Waals surface area contributed by atoms with Crippen LogP contribution in [0, 0.1) is 5.92 Å². The first-order valence-electron chi connectivity index (χ1n) is 7.59. The van der Waals surface area contributed by atoms with Crippen molar-refractivity contribution in [1.82, 2.24) is 14.7 Å². The Kier molecular flexibility index (Phi) is 4.43. The zero-order chi connectivity index (χ0) is 16.5. The van der Waals surface area contributed by atoms with E-state index in [9.17, 15) is 8.42 Å². The Bertz CT molecular complexity index is 650. The van der Waals surface area contributed by atoms with Crippen LogP contribution < -0.4 is 14.4 Å². The van der Waals surface area contributed by atoms with Gasteiger partial charge in [0.15, 0.2) is 0 Å². The van der Waals surface area contributed by atoms with Gasteiger partial charge in [-0.15, -0.1) is 0 Å². The van der Waals surface area contributed by atoms with E-state index >= 15 is 0 Å². The van der Waals surface area contributed by atoms with E-state index in [4.69, 9.17) is 9.47 Å². The van der Waals surface area contributed by atoms with Crippen molar-refractivity contribution in [3.05, 3.63) is 12.4 Å². The monoisotopic (exact) mass is 342 g/mol. The summed E-state index contributed by atoms with van der Waals surface area (Å²) in [5, 5.41) is 0. The van der Waals surface area contributed by atoms with Gasteiger partial charge in [0.25, 0.3) is 0 Å². The number of nitrogens with zero attached hydrogens (tertiary/aromatic N) is 3. The molecule has 0 amide bonds. The van der Waals surface area contributed by atoms with Crippen LogP contribution in [0.5, 0.6) is 5.88 Å². The lowest BCUT2D eigenvalue weighted by Gasteiger charge is -2.53. The molecule has 2 fully saturated rings. The quantitative estimate of drug-likeness (QED) is 0.806. The van der Waals surface area contributed by atoms with E-state index in [1.807, 2.05) is 6.07 Å². The highest BCUT2D eigenvalue weighted by Crippen LogP contribution is 2.38. The molecule has 0 unspecified atom stereocenters. The predicted molar refractivity (Wildman–Crippen MR) is 85.1 cm³/mol. The number of rotatable bonds is 5. The largest absolute Gasteiger partial charge is 0.481 e. The fraction of sp³-hybridized carbons (Fsp3) is 0.714. The first-order chi connectivity index (χ1) is 10.9. The van der Waals surface area contributed by atoms with Gasteiger partial charge in [0.2, 0.25) is 15.9 Å². The Morgan fingerprint density at radius 3 is 2.87 bits per heavy atom. The van der Waals surface area contributed by atoms with Crippen molar-refractivity contribution in [2.45, 2.75) is 18.4 Å². The second kappa shape index (κ2) is 6.21. The summed E-state index contributed by atoms with van der Waals surface area (Å²) in [6.07, 6.45) is 4.57. The number of hydrogen-bond donors (Lipinski definition) is 1. The Labute approximate surface area is 136 Å². The van der Waals surface area contributed by atoms with Crippen molar-refractivity contribution >= 4 is 15.8 Å². The normalized spacial score (nSPS) is 23.6. The second-order valence-electron chi connectivity index (χ2n) is 6.29. The minimum Gasteiger partial charge on any atom is -0.481 e. The summed E-state index contributed by atoms with van der Waals surface area (Å²) in [6.45, 7) is 2.62. The molecule has 0 saturated carbocycles. The molecule has 2 saturated heterocycles. The van der Waals surface area contributed by atoms with E-state index in [1.165, 1.54) is 12.6 Å². The molecule has 1 atom stereocenters. The molecule has 2 aliphatic heterocycles. The van der Waals surface area contributed by atoms with E-state index in [2.05, 4.69) is 19.6 Å². The summed E-state index contributed by atoms with van der Waals surface area (Å²) in [6, 6.07) is 1.81. The molecule has 1 aromatic rings. The molecule has 0 radical (unpaired) electrons. The Hall–Kier alpha value is -1.45. The average Bonchev–Trinajstić information content (AvgIpc) is 2.50. The minimum absolute atomic E-state index is 0.125. The van der Waals surface area contributed by atoms with Gasteiger partial charge in [-0.25, -0.2) is 23.1 Å². The van der Waals surface area contributed by atoms with E-state index in [1.54, 1.807) is 7.11 Å². The number of sulfonamides is 1. The Morgan fingerprint density at radius 1 is 1.48 bits per heavy atom.